The molecule has 6 nitrogen and oxygen atoms in total. The molecule has 0 atom stereocenters. The normalized spacial score (nSPS) is 10.9. The molecule has 3 aromatic rings. The SMILES string of the molecule is O=C(NCCc1ccccn1)c1cn(CC=Cc2ccccc2)nn1. The fraction of sp³-hybridized carbons (Fsp3) is 0.158. The molecule has 2 heterocycles. The van der Waals surface area contributed by atoms with Crippen LogP contribution in [-0.2, 0) is 13.0 Å². The molecular formula is C19H19N5O. The summed E-state index contributed by atoms with van der Waals surface area (Å²) in [5.74, 6) is -0.228. The van der Waals surface area contributed by atoms with Gasteiger partial charge in [0, 0.05) is 24.9 Å². The minimum absolute atomic E-state index is 0.228. The second kappa shape index (κ2) is 8.54. The third-order valence-corrected chi connectivity index (χ3v) is 3.57. The van der Waals surface area contributed by atoms with Gasteiger partial charge in [-0.15, -0.1) is 5.10 Å². The highest BCUT2D eigenvalue weighted by Gasteiger charge is 2.09. The lowest BCUT2D eigenvalue weighted by Crippen LogP contribution is -2.26. The van der Waals surface area contributed by atoms with Crippen LogP contribution in [0.3, 0.4) is 0 Å². The Morgan fingerprint density at radius 1 is 1.12 bits per heavy atom. The predicted octanol–water partition coefficient (Wildman–Crippen LogP) is 2.36. The van der Waals surface area contributed by atoms with Crippen LogP contribution in [-0.4, -0.2) is 32.4 Å². The summed E-state index contributed by atoms with van der Waals surface area (Å²) in [7, 11) is 0. The van der Waals surface area contributed by atoms with Gasteiger partial charge in [0.25, 0.3) is 5.91 Å². The molecular weight excluding hydrogens is 314 g/mol. The van der Waals surface area contributed by atoms with E-state index in [1.807, 2.05) is 60.7 Å². The number of hydrogen-bond donors (Lipinski definition) is 1. The van der Waals surface area contributed by atoms with Crippen LogP contribution in [0.5, 0.6) is 0 Å². The van der Waals surface area contributed by atoms with Gasteiger partial charge in [0.1, 0.15) is 0 Å². The highest BCUT2D eigenvalue weighted by molar-refractivity contribution is 5.91. The summed E-state index contributed by atoms with van der Waals surface area (Å²) in [6, 6.07) is 15.7. The summed E-state index contributed by atoms with van der Waals surface area (Å²) in [5.41, 5.74) is 2.38. The topological polar surface area (TPSA) is 72.7 Å². The van der Waals surface area contributed by atoms with E-state index in [-0.39, 0.29) is 5.91 Å². The second-order valence-electron chi connectivity index (χ2n) is 5.47. The number of hydrogen-bond acceptors (Lipinski definition) is 4. The van der Waals surface area contributed by atoms with Gasteiger partial charge in [-0.3, -0.25) is 9.78 Å². The predicted molar refractivity (Wildman–Crippen MR) is 95.8 cm³/mol. The standard InChI is InChI=1S/C19H19N5O/c25-19(21-13-11-17-10-4-5-12-20-17)18-15-24(23-22-18)14-6-9-16-7-2-1-3-8-16/h1-10,12,15H,11,13-14H2,(H,21,25). The quantitative estimate of drug-likeness (QED) is 0.720. The first-order valence-corrected chi connectivity index (χ1v) is 8.11. The fourth-order valence-corrected chi connectivity index (χ4v) is 2.29. The molecule has 0 fully saturated rings. The van der Waals surface area contributed by atoms with Crippen LogP contribution >= 0.6 is 0 Å². The molecule has 1 aromatic carbocycles. The van der Waals surface area contributed by atoms with Crippen LogP contribution in [0.25, 0.3) is 6.08 Å². The molecule has 0 spiro atoms. The van der Waals surface area contributed by atoms with Crippen molar-refractivity contribution in [3.63, 3.8) is 0 Å². The Balaban J connectivity index is 1.47. The average Bonchev–Trinajstić information content (AvgIpc) is 3.12. The molecule has 126 valence electrons. The number of allylic oxidation sites excluding steroid dienone is 1. The van der Waals surface area contributed by atoms with Gasteiger partial charge in [-0.05, 0) is 17.7 Å². The Labute approximate surface area is 146 Å². The molecule has 0 radical (unpaired) electrons. The highest BCUT2D eigenvalue weighted by Crippen LogP contribution is 2.02. The van der Waals surface area contributed by atoms with Gasteiger partial charge in [0.05, 0.1) is 12.7 Å². The zero-order valence-electron chi connectivity index (χ0n) is 13.7. The average molecular weight is 333 g/mol. The van der Waals surface area contributed by atoms with Gasteiger partial charge in [-0.1, -0.05) is 53.8 Å². The monoisotopic (exact) mass is 333 g/mol. The van der Waals surface area contributed by atoms with E-state index in [9.17, 15) is 4.79 Å². The minimum atomic E-state index is -0.228. The van der Waals surface area contributed by atoms with Crippen LogP contribution < -0.4 is 5.32 Å². The summed E-state index contributed by atoms with van der Waals surface area (Å²) in [5, 5.41) is 10.7. The molecule has 6 heteroatoms. The van der Waals surface area contributed by atoms with Crippen molar-refractivity contribution in [1.29, 1.82) is 0 Å². The van der Waals surface area contributed by atoms with Crippen molar-refractivity contribution >= 4 is 12.0 Å². The first-order valence-electron chi connectivity index (χ1n) is 8.11. The lowest BCUT2D eigenvalue weighted by Gasteiger charge is -2.02. The van der Waals surface area contributed by atoms with Crippen molar-refractivity contribution in [2.75, 3.05) is 6.54 Å². The maximum atomic E-state index is 12.1. The number of carbonyl (C=O) groups excluding carboxylic acids is 1. The zero-order chi connectivity index (χ0) is 17.3. The van der Waals surface area contributed by atoms with Gasteiger partial charge in [0.2, 0.25) is 0 Å². The molecule has 0 saturated carbocycles. The van der Waals surface area contributed by atoms with Crippen LogP contribution in [0.15, 0.2) is 67.0 Å². The maximum Gasteiger partial charge on any atom is 0.273 e. The fourth-order valence-electron chi connectivity index (χ4n) is 2.29. The number of pyridine rings is 1. The maximum absolute atomic E-state index is 12.1. The number of benzene rings is 1. The smallest absolute Gasteiger partial charge is 0.273 e. The van der Waals surface area contributed by atoms with Crippen molar-refractivity contribution in [3.05, 3.63) is 84.0 Å². The van der Waals surface area contributed by atoms with E-state index in [1.54, 1.807) is 17.1 Å². The minimum Gasteiger partial charge on any atom is -0.350 e. The molecule has 25 heavy (non-hydrogen) atoms. The first kappa shape index (κ1) is 16.6. The summed E-state index contributed by atoms with van der Waals surface area (Å²) in [6.45, 7) is 1.07. The van der Waals surface area contributed by atoms with Crippen LogP contribution in [0.2, 0.25) is 0 Å². The Kier molecular flexibility index (Phi) is 5.66. The van der Waals surface area contributed by atoms with E-state index in [0.717, 1.165) is 11.3 Å². The number of aromatic nitrogens is 4. The molecule has 0 unspecified atom stereocenters. The van der Waals surface area contributed by atoms with Gasteiger partial charge < -0.3 is 5.32 Å². The van der Waals surface area contributed by atoms with E-state index in [2.05, 4.69) is 20.6 Å². The lowest BCUT2D eigenvalue weighted by molar-refractivity contribution is 0.0949. The molecule has 0 aliphatic heterocycles. The van der Waals surface area contributed by atoms with E-state index < -0.39 is 0 Å². The van der Waals surface area contributed by atoms with Gasteiger partial charge in [0.15, 0.2) is 5.69 Å². The number of amides is 1. The van der Waals surface area contributed by atoms with E-state index in [0.29, 0.717) is 25.2 Å². The van der Waals surface area contributed by atoms with Crippen LogP contribution in [0, 0.1) is 0 Å². The second-order valence-corrected chi connectivity index (χ2v) is 5.47. The Morgan fingerprint density at radius 3 is 2.76 bits per heavy atom. The van der Waals surface area contributed by atoms with Gasteiger partial charge >= 0.3 is 0 Å². The number of nitrogens with one attached hydrogen (secondary N) is 1. The molecule has 0 aliphatic carbocycles. The number of nitrogens with zero attached hydrogens (tertiary/aromatic N) is 4. The van der Waals surface area contributed by atoms with Crippen molar-refractivity contribution < 1.29 is 4.79 Å². The summed E-state index contributed by atoms with van der Waals surface area (Å²) < 4.78 is 1.63. The van der Waals surface area contributed by atoms with E-state index in [1.165, 1.54) is 0 Å². The third kappa shape index (κ3) is 5.10. The Bertz CT molecular complexity index is 827. The van der Waals surface area contributed by atoms with Crippen LogP contribution in [0.4, 0.5) is 0 Å². The first-order chi connectivity index (χ1) is 12.3. The molecule has 0 saturated heterocycles. The number of carbonyl (C=O) groups is 1. The largest absolute Gasteiger partial charge is 0.350 e. The molecule has 1 amide bonds. The van der Waals surface area contributed by atoms with Gasteiger partial charge in [-0.25, -0.2) is 4.68 Å². The summed E-state index contributed by atoms with van der Waals surface area (Å²) >= 11 is 0. The number of rotatable bonds is 7. The Morgan fingerprint density at radius 2 is 1.96 bits per heavy atom. The third-order valence-electron chi connectivity index (χ3n) is 3.57. The van der Waals surface area contributed by atoms with Crippen LogP contribution in [0.1, 0.15) is 21.7 Å². The molecule has 0 bridgehead atoms. The zero-order valence-corrected chi connectivity index (χ0v) is 13.7. The van der Waals surface area contributed by atoms with Crippen molar-refractivity contribution in [2.45, 2.75) is 13.0 Å². The van der Waals surface area contributed by atoms with E-state index in [4.69, 9.17) is 0 Å². The summed E-state index contributed by atoms with van der Waals surface area (Å²) in [6.07, 6.45) is 8.05. The van der Waals surface area contributed by atoms with Crippen molar-refractivity contribution in [1.82, 2.24) is 25.3 Å². The summed E-state index contributed by atoms with van der Waals surface area (Å²) in [4.78, 5) is 16.3. The highest BCUT2D eigenvalue weighted by atomic mass is 16.2. The molecule has 2 aromatic heterocycles. The molecule has 3 rings (SSSR count). The van der Waals surface area contributed by atoms with Crippen molar-refractivity contribution in [3.8, 4) is 0 Å². The van der Waals surface area contributed by atoms with E-state index >= 15 is 0 Å². The molecule has 0 aliphatic rings. The van der Waals surface area contributed by atoms with Crippen molar-refractivity contribution in [2.24, 2.45) is 0 Å². The Hall–Kier alpha value is -3.28. The lowest BCUT2D eigenvalue weighted by atomic mass is 10.2. The van der Waals surface area contributed by atoms with Gasteiger partial charge in [-0.2, -0.15) is 0 Å². The molecule has 1 N–H and O–H groups in total.